The number of hydrogen-bond donors (Lipinski definition) is 0. The normalized spacial score (nSPS) is 19.2. The maximum absolute atomic E-state index is 12.7. The first-order valence-corrected chi connectivity index (χ1v) is 12.7. The fraction of sp³-hybridized carbons (Fsp3) is 0.409. The molecule has 1 aromatic carbocycles. The second kappa shape index (κ2) is 10.1. The molecule has 0 aliphatic carbocycles. The number of piperazine rings is 1. The molecule has 1 aromatic heterocycles. The lowest BCUT2D eigenvalue weighted by Gasteiger charge is -2.34. The zero-order chi connectivity index (χ0) is 21.7. The number of benzene rings is 1. The Morgan fingerprint density at radius 3 is 2.35 bits per heavy atom. The van der Waals surface area contributed by atoms with Gasteiger partial charge in [0.2, 0.25) is 15.9 Å². The zero-order valence-corrected chi connectivity index (χ0v) is 19.0. The molecule has 2 saturated heterocycles. The van der Waals surface area contributed by atoms with E-state index in [1.807, 2.05) is 4.90 Å². The van der Waals surface area contributed by atoms with E-state index < -0.39 is 10.0 Å². The quantitative estimate of drug-likeness (QED) is 0.617. The molecule has 0 atom stereocenters. The lowest BCUT2D eigenvalue weighted by molar-refractivity contribution is -0.127. The third-order valence-electron chi connectivity index (χ3n) is 5.55. The molecule has 7 nitrogen and oxygen atoms in total. The van der Waals surface area contributed by atoms with Gasteiger partial charge < -0.3 is 9.64 Å². The Balaban J connectivity index is 1.30. The van der Waals surface area contributed by atoms with Gasteiger partial charge in [0, 0.05) is 56.8 Å². The van der Waals surface area contributed by atoms with Crippen molar-refractivity contribution in [3.05, 3.63) is 58.3 Å². The van der Waals surface area contributed by atoms with Crippen molar-refractivity contribution in [1.82, 2.24) is 14.1 Å². The molecule has 166 valence electrons. The van der Waals surface area contributed by atoms with Crippen molar-refractivity contribution in [2.75, 3.05) is 52.5 Å². The van der Waals surface area contributed by atoms with Gasteiger partial charge in [0.25, 0.3) is 0 Å². The number of sulfonamides is 1. The number of rotatable bonds is 6. The third kappa shape index (κ3) is 5.61. The number of carbonyl (C=O) groups is 1. The Morgan fingerprint density at radius 2 is 1.71 bits per heavy atom. The highest BCUT2D eigenvalue weighted by Gasteiger charge is 2.26. The van der Waals surface area contributed by atoms with Crippen LogP contribution < -0.4 is 0 Å². The van der Waals surface area contributed by atoms with Gasteiger partial charge in [-0.2, -0.15) is 4.31 Å². The number of nitrogens with zero attached hydrogens (tertiary/aromatic N) is 3. The summed E-state index contributed by atoms with van der Waals surface area (Å²) in [5.74, 6) is -0.0132. The summed E-state index contributed by atoms with van der Waals surface area (Å²) in [5.41, 5.74) is 0.797. The maximum atomic E-state index is 12.7. The van der Waals surface area contributed by atoms with Crippen molar-refractivity contribution in [2.45, 2.75) is 11.4 Å². The van der Waals surface area contributed by atoms with Gasteiger partial charge in [-0.15, -0.1) is 11.3 Å². The van der Waals surface area contributed by atoms with E-state index in [-0.39, 0.29) is 10.8 Å². The smallest absolute Gasteiger partial charge is 0.246 e. The van der Waals surface area contributed by atoms with Gasteiger partial charge in [-0.1, -0.05) is 18.2 Å². The van der Waals surface area contributed by atoms with Gasteiger partial charge >= 0.3 is 0 Å². The molecular weight excluding hydrogens is 434 g/mol. The predicted molar refractivity (Wildman–Crippen MR) is 121 cm³/mol. The topological polar surface area (TPSA) is 70.2 Å². The molecule has 0 radical (unpaired) electrons. The number of morpholine rings is 1. The first kappa shape index (κ1) is 22.2. The average molecular weight is 462 g/mol. The molecule has 2 aliphatic heterocycles. The van der Waals surface area contributed by atoms with E-state index in [0.29, 0.717) is 39.4 Å². The van der Waals surface area contributed by atoms with E-state index in [9.17, 15) is 13.2 Å². The summed E-state index contributed by atoms with van der Waals surface area (Å²) in [5, 5.41) is 2.09. The molecule has 0 unspecified atom stereocenters. The minimum absolute atomic E-state index is 0.0132. The Morgan fingerprint density at radius 1 is 1.00 bits per heavy atom. The summed E-state index contributed by atoms with van der Waals surface area (Å²) in [6, 6.07) is 10.9. The van der Waals surface area contributed by atoms with E-state index in [0.717, 1.165) is 25.2 Å². The molecule has 0 spiro atoms. The van der Waals surface area contributed by atoms with Gasteiger partial charge in [0.05, 0.1) is 18.1 Å². The van der Waals surface area contributed by atoms with Crippen LogP contribution in [0.4, 0.5) is 0 Å². The summed E-state index contributed by atoms with van der Waals surface area (Å²) < 4.78 is 32.0. The van der Waals surface area contributed by atoms with Crippen LogP contribution in [-0.4, -0.2) is 80.9 Å². The van der Waals surface area contributed by atoms with Crippen LogP contribution in [0, 0.1) is 0 Å². The Kier molecular flexibility index (Phi) is 7.19. The van der Waals surface area contributed by atoms with E-state index in [1.54, 1.807) is 47.8 Å². The van der Waals surface area contributed by atoms with Crippen LogP contribution >= 0.6 is 11.3 Å². The molecular formula is C22H27N3O4S2. The minimum atomic E-state index is -3.50. The van der Waals surface area contributed by atoms with Gasteiger partial charge in [-0.05, 0) is 35.2 Å². The van der Waals surface area contributed by atoms with Crippen LogP contribution in [0.1, 0.15) is 10.4 Å². The fourth-order valence-electron chi connectivity index (χ4n) is 3.71. The predicted octanol–water partition coefficient (Wildman–Crippen LogP) is 2.13. The van der Waals surface area contributed by atoms with Crippen molar-refractivity contribution in [3.8, 4) is 0 Å². The van der Waals surface area contributed by atoms with Crippen molar-refractivity contribution >= 4 is 33.3 Å². The Bertz CT molecular complexity index is 990. The number of hydrogen-bond acceptors (Lipinski definition) is 6. The molecule has 0 N–H and O–H groups in total. The summed E-state index contributed by atoms with van der Waals surface area (Å²) in [4.78, 5) is 18.4. The second-order valence-corrected chi connectivity index (χ2v) is 10.6. The van der Waals surface area contributed by atoms with E-state index in [2.05, 4.69) is 22.4 Å². The first-order chi connectivity index (χ1) is 15.0. The highest BCUT2D eigenvalue weighted by Crippen LogP contribution is 2.18. The molecule has 3 heterocycles. The zero-order valence-electron chi connectivity index (χ0n) is 17.4. The third-order valence-corrected chi connectivity index (χ3v) is 8.32. The number of amides is 1. The van der Waals surface area contributed by atoms with Crippen LogP contribution in [0.5, 0.6) is 0 Å². The molecule has 1 amide bonds. The summed E-state index contributed by atoms with van der Waals surface area (Å²) in [7, 11) is -3.50. The molecule has 31 heavy (non-hydrogen) atoms. The van der Waals surface area contributed by atoms with Crippen LogP contribution in [0.15, 0.2) is 52.7 Å². The van der Waals surface area contributed by atoms with Gasteiger partial charge in [-0.3, -0.25) is 9.69 Å². The van der Waals surface area contributed by atoms with Gasteiger partial charge in [0.1, 0.15) is 0 Å². The standard InChI is InChI=1S/C22H27N3O4S2/c26-22(24-11-9-23(10-12-24)18-20-2-1-17-30-20)8-5-19-3-6-21(7-4-19)31(27,28)25-13-15-29-16-14-25/h1-8,17H,9-16,18H2. The van der Waals surface area contributed by atoms with E-state index >= 15 is 0 Å². The lowest BCUT2D eigenvalue weighted by Crippen LogP contribution is -2.47. The van der Waals surface area contributed by atoms with Crippen LogP contribution in [0.25, 0.3) is 6.08 Å². The highest BCUT2D eigenvalue weighted by molar-refractivity contribution is 7.89. The van der Waals surface area contributed by atoms with Gasteiger partial charge in [0.15, 0.2) is 0 Å². The first-order valence-electron chi connectivity index (χ1n) is 10.4. The van der Waals surface area contributed by atoms with Crippen LogP contribution in [0.3, 0.4) is 0 Å². The minimum Gasteiger partial charge on any atom is -0.379 e. The summed E-state index contributed by atoms with van der Waals surface area (Å²) in [6.45, 7) is 5.69. The SMILES string of the molecule is O=C(C=Cc1ccc(S(=O)(=O)N2CCOCC2)cc1)N1CCN(Cc2cccs2)CC1. The molecule has 2 fully saturated rings. The second-order valence-electron chi connectivity index (χ2n) is 7.60. The van der Waals surface area contributed by atoms with E-state index in [1.165, 1.54) is 9.18 Å². The highest BCUT2D eigenvalue weighted by atomic mass is 32.2. The maximum Gasteiger partial charge on any atom is 0.246 e. The lowest BCUT2D eigenvalue weighted by atomic mass is 10.2. The molecule has 0 bridgehead atoms. The van der Waals surface area contributed by atoms with Crippen LogP contribution in [-0.2, 0) is 26.1 Å². The van der Waals surface area contributed by atoms with Crippen molar-refractivity contribution in [2.24, 2.45) is 0 Å². The van der Waals surface area contributed by atoms with Crippen molar-refractivity contribution in [3.63, 3.8) is 0 Å². The number of ether oxygens (including phenoxy) is 1. The Labute approximate surface area is 187 Å². The number of thiophene rings is 1. The fourth-order valence-corrected chi connectivity index (χ4v) is 5.86. The van der Waals surface area contributed by atoms with Crippen molar-refractivity contribution < 1.29 is 17.9 Å². The number of carbonyl (C=O) groups excluding carboxylic acids is 1. The molecule has 2 aliphatic rings. The van der Waals surface area contributed by atoms with Crippen molar-refractivity contribution in [1.29, 1.82) is 0 Å². The van der Waals surface area contributed by atoms with E-state index in [4.69, 9.17) is 4.74 Å². The van der Waals surface area contributed by atoms with Crippen LogP contribution in [0.2, 0.25) is 0 Å². The Hall–Kier alpha value is -2.04. The molecule has 2 aromatic rings. The monoisotopic (exact) mass is 461 g/mol. The molecule has 9 heteroatoms. The summed E-state index contributed by atoms with van der Waals surface area (Å²) >= 11 is 1.76. The largest absolute Gasteiger partial charge is 0.379 e. The molecule has 0 saturated carbocycles. The average Bonchev–Trinajstić information content (AvgIpc) is 3.32. The molecule has 4 rings (SSSR count). The summed E-state index contributed by atoms with van der Waals surface area (Å²) in [6.07, 6.45) is 3.31. The van der Waals surface area contributed by atoms with Gasteiger partial charge in [-0.25, -0.2) is 8.42 Å².